The minimum absolute atomic E-state index is 0.0492. The Balaban J connectivity index is 1.63. The van der Waals surface area contributed by atoms with Gasteiger partial charge in [-0.15, -0.1) is 0 Å². The summed E-state index contributed by atoms with van der Waals surface area (Å²) in [6, 6.07) is 4.44. The molecule has 11 heteroatoms. The number of hydrazone groups is 1. The van der Waals surface area contributed by atoms with Crippen molar-refractivity contribution in [3.8, 4) is 11.5 Å². The molecule has 186 valence electrons. The van der Waals surface area contributed by atoms with Crippen molar-refractivity contribution >= 4 is 17.9 Å². The normalized spacial score (nSPS) is 15.2. The van der Waals surface area contributed by atoms with Crippen LogP contribution in [-0.2, 0) is 6.54 Å². The number of alkyl halides is 2. The summed E-state index contributed by atoms with van der Waals surface area (Å²) in [6.45, 7) is -0.740. The number of amides is 1. The van der Waals surface area contributed by atoms with Gasteiger partial charge in [0.15, 0.2) is 11.5 Å². The summed E-state index contributed by atoms with van der Waals surface area (Å²) >= 11 is 0. The molecule has 4 N–H and O–H groups in total. The van der Waals surface area contributed by atoms with Crippen LogP contribution in [0.3, 0.4) is 0 Å². The summed E-state index contributed by atoms with van der Waals surface area (Å²) in [5.74, 6) is -0.286. The lowest BCUT2D eigenvalue weighted by atomic mass is 10.1. The Morgan fingerprint density at radius 3 is 2.85 bits per heavy atom. The number of nitrogens with zero attached hydrogens (tertiary/aromatic N) is 3. The number of aliphatic hydroxyl groups excluding tert-OH is 1. The van der Waals surface area contributed by atoms with Crippen LogP contribution in [0.2, 0.25) is 0 Å². The average molecular weight is 480 g/mol. The molecule has 1 aliphatic carbocycles. The van der Waals surface area contributed by atoms with Gasteiger partial charge >= 0.3 is 6.61 Å². The molecular weight excluding hydrogens is 448 g/mol. The van der Waals surface area contributed by atoms with Crippen LogP contribution in [0.15, 0.2) is 29.5 Å². The fourth-order valence-corrected chi connectivity index (χ4v) is 3.75. The summed E-state index contributed by atoms with van der Waals surface area (Å²) in [5.41, 5.74) is 9.03. The summed E-state index contributed by atoms with van der Waals surface area (Å²) in [4.78, 5) is 12.5. The van der Waals surface area contributed by atoms with Crippen molar-refractivity contribution in [2.75, 3.05) is 5.73 Å². The van der Waals surface area contributed by atoms with Crippen LogP contribution in [0.4, 0.5) is 14.6 Å². The molecule has 1 aliphatic rings. The second-order valence-electron chi connectivity index (χ2n) is 8.23. The Morgan fingerprint density at radius 1 is 1.38 bits per heavy atom. The Bertz CT molecular complexity index is 976. The highest BCUT2D eigenvalue weighted by molar-refractivity contribution is 5.98. The molecule has 1 heterocycles. The predicted octanol–water partition coefficient (Wildman–Crippen LogP) is 3.70. The standard InChI is InChI=1S/C23H31F2N5O4/c1-2-3-6-16(31)14-30-21(26)18(13-28-30)22(32)29-27-12-15-9-10-19(34-23(24)25)20(11-15)33-17-7-4-5-8-17/h9-13,16-17,23,31H,2-8,14,26H2,1H3,(H,29,32)/b27-12-. The first-order chi connectivity index (χ1) is 16.4. The molecule has 1 fully saturated rings. The van der Waals surface area contributed by atoms with Crippen molar-refractivity contribution in [2.24, 2.45) is 5.10 Å². The monoisotopic (exact) mass is 479 g/mol. The topological polar surface area (TPSA) is 124 Å². The fourth-order valence-electron chi connectivity index (χ4n) is 3.75. The number of hydrogen-bond donors (Lipinski definition) is 3. The van der Waals surface area contributed by atoms with Crippen molar-refractivity contribution in [3.63, 3.8) is 0 Å². The average Bonchev–Trinajstić information content (AvgIpc) is 3.43. The first-order valence-electron chi connectivity index (χ1n) is 11.5. The molecule has 34 heavy (non-hydrogen) atoms. The van der Waals surface area contributed by atoms with Gasteiger partial charge in [-0.3, -0.25) is 4.79 Å². The number of nitrogens with one attached hydrogen (secondary N) is 1. The van der Waals surface area contributed by atoms with Crippen LogP contribution in [0.25, 0.3) is 0 Å². The van der Waals surface area contributed by atoms with E-state index in [-0.39, 0.29) is 35.5 Å². The summed E-state index contributed by atoms with van der Waals surface area (Å²) in [7, 11) is 0. The zero-order valence-electron chi connectivity index (χ0n) is 19.1. The third-order valence-corrected chi connectivity index (χ3v) is 5.56. The van der Waals surface area contributed by atoms with Gasteiger partial charge in [-0.25, -0.2) is 10.1 Å². The molecule has 1 aromatic heterocycles. The van der Waals surface area contributed by atoms with Crippen molar-refractivity contribution in [1.29, 1.82) is 0 Å². The van der Waals surface area contributed by atoms with Crippen LogP contribution >= 0.6 is 0 Å². The van der Waals surface area contributed by atoms with E-state index in [9.17, 15) is 18.7 Å². The smallest absolute Gasteiger partial charge is 0.387 e. The van der Waals surface area contributed by atoms with Crippen molar-refractivity contribution in [3.05, 3.63) is 35.5 Å². The van der Waals surface area contributed by atoms with Gasteiger partial charge in [-0.05, 0) is 55.9 Å². The third-order valence-electron chi connectivity index (χ3n) is 5.56. The van der Waals surface area contributed by atoms with Gasteiger partial charge in [0.1, 0.15) is 11.4 Å². The van der Waals surface area contributed by atoms with Gasteiger partial charge in [-0.1, -0.05) is 19.8 Å². The zero-order chi connectivity index (χ0) is 24.5. The maximum absolute atomic E-state index is 12.7. The largest absolute Gasteiger partial charge is 0.487 e. The quantitative estimate of drug-likeness (QED) is 0.315. The lowest BCUT2D eigenvalue weighted by Crippen LogP contribution is -2.21. The van der Waals surface area contributed by atoms with Crippen LogP contribution < -0.4 is 20.6 Å². The molecule has 0 saturated heterocycles. The van der Waals surface area contributed by atoms with Gasteiger partial charge < -0.3 is 20.3 Å². The summed E-state index contributed by atoms with van der Waals surface area (Å²) < 4.78 is 37.3. The molecule has 3 rings (SSSR count). The number of unbranched alkanes of at least 4 members (excludes halogenated alkanes) is 1. The Hall–Kier alpha value is -3.21. The van der Waals surface area contributed by atoms with Crippen LogP contribution in [-0.4, -0.2) is 45.8 Å². The summed E-state index contributed by atoms with van der Waals surface area (Å²) in [6.07, 6.45) is 8.26. The molecule has 0 spiro atoms. The van der Waals surface area contributed by atoms with Crippen molar-refractivity contribution in [2.45, 2.75) is 77.2 Å². The van der Waals surface area contributed by atoms with Crippen LogP contribution in [0, 0.1) is 0 Å². The number of nitrogens with two attached hydrogens (primary N) is 1. The van der Waals surface area contributed by atoms with E-state index in [0.29, 0.717) is 12.0 Å². The number of ether oxygens (including phenoxy) is 2. The lowest BCUT2D eigenvalue weighted by molar-refractivity contribution is -0.0520. The first kappa shape index (κ1) is 25.4. The van der Waals surface area contributed by atoms with E-state index in [0.717, 1.165) is 38.5 Å². The molecule has 0 aliphatic heterocycles. The van der Waals surface area contributed by atoms with Gasteiger partial charge in [-0.2, -0.15) is 19.0 Å². The molecule has 9 nitrogen and oxygen atoms in total. The SMILES string of the molecule is CCCCC(O)Cn1ncc(C(=O)N/N=C\c2ccc(OC(F)F)c(OC3CCCC3)c2)c1N. The minimum Gasteiger partial charge on any atom is -0.487 e. The van der Waals surface area contributed by atoms with E-state index < -0.39 is 18.6 Å². The van der Waals surface area contributed by atoms with Crippen LogP contribution in [0.5, 0.6) is 11.5 Å². The molecule has 1 unspecified atom stereocenters. The van der Waals surface area contributed by atoms with E-state index in [1.807, 2.05) is 6.92 Å². The molecule has 1 saturated carbocycles. The van der Waals surface area contributed by atoms with Gasteiger partial charge in [0.25, 0.3) is 5.91 Å². The molecule has 0 radical (unpaired) electrons. The number of anilines is 1. The van der Waals surface area contributed by atoms with E-state index in [2.05, 4.69) is 20.4 Å². The molecule has 2 aromatic rings. The highest BCUT2D eigenvalue weighted by Crippen LogP contribution is 2.33. The van der Waals surface area contributed by atoms with Gasteiger partial charge in [0.2, 0.25) is 0 Å². The number of nitrogen functional groups attached to an aromatic ring is 1. The number of benzene rings is 1. The number of hydrogen-bond acceptors (Lipinski definition) is 7. The number of halogens is 2. The Labute approximate surface area is 196 Å². The fraction of sp³-hybridized carbons (Fsp3) is 0.522. The number of carbonyl (C=O) groups excluding carboxylic acids is 1. The van der Waals surface area contributed by atoms with Crippen molar-refractivity contribution < 1.29 is 28.2 Å². The highest BCUT2D eigenvalue weighted by Gasteiger charge is 2.20. The van der Waals surface area contributed by atoms with E-state index in [4.69, 9.17) is 10.5 Å². The molecule has 1 amide bonds. The first-order valence-corrected chi connectivity index (χ1v) is 11.5. The second kappa shape index (κ2) is 12.3. The number of aromatic nitrogens is 2. The van der Waals surface area contributed by atoms with E-state index >= 15 is 0 Å². The molecule has 1 aromatic carbocycles. The second-order valence-corrected chi connectivity index (χ2v) is 8.23. The zero-order valence-corrected chi connectivity index (χ0v) is 19.1. The van der Waals surface area contributed by atoms with Crippen LogP contribution in [0.1, 0.15) is 67.8 Å². The molecule has 1 atom stereocenters. The number of aliphatic hydroxyl groups is 1. The maximum atomic E-state index is 12.7. The Morgan fingerprint density at radius 2 is 2.15 bits per heavy atom. The van der Waals surface area contributed by atoms with Crippen molar-refractivity contribution in [1.82, 2.24) is 15.2 Å². The lowest BCUT2D eigenvalue weighted by Gasteiger charge is -2.17. The maximum Gasteiger partial charge on any atom is 0.387 e. The minimum atomic E-state index is -2.97. The molecular formula is C23H31F2N5O4. The Kier molecular flexibility index (Phi) is 9.20. The van der Waals surface area contributed by atoms with E-state index in [1.165, 1.54) is 35.3 Å². The number of rotatable bonds is 12. The van der Waals surface area contributed by atoms with Gasteiger partial charge in [0, 0.05) is 0 Å². The highest BCUT2D eigenvalue weighted by atomic mass is 19.3. The third kappa shape index (κ3) is 7.14. The molecule has 0 bridgehead atoms. The van der Waals surface area contributed by atoms with E-state index in [1.54, 1.807) is 0 Å². The number of carbonyl (C=O) groups is 1. The predicted molar refractivity (Wildman–Crippen MR) is 123 cm³/mol. The summed E-state index contributed by atoms with van der Waals surface area (Å²) in [5, 5.41) is 18.0. The van der Waals surface area contributed by atoms with Gasteiger partial charge in [0.05, 0.1) is 31.2 Å².